The van der Waals surface area contributed by atoms with Crippen LogP contribution in [0.1, 0.15) is 23.2 Å². The van der Waals surface area contributed by atoms with Gasteiger partial charge in [-0.1, -0.05) is 29.8 Å². The number of amides is 1. The molecule has 0 radical (unpaired) electrons. The van der Waals surface area contributed by atoms with Crippen molar-refractivity contribution < 1.29 is 9.90 Å². The molecule has 0 aliphatic carbocycles. The maximum atomic E-state index is 12.7. The first-order valence-corrected chi connectivity index (χ1v) is 9.54. The van der Waals surface area contributed by atoms with Crippen LogP contribution in [-0.2, 0) is 6.54 Å². The van der Waals surface area contributed by atoms with E-state index in [-0.39, 0.29) is 18.0 Å². The van der Waals surface area contributed by atoms with Gasteiger partial charge in [-0.25, -0.2) is 4.98 Å². The van der Waals surface area contributed by atoms with Crippen molar-refractivity contribution in [2.75, 3.05) is 13.1 Å². The summed E-state index contributed by atoms with van der Waals surface area (Å²) in [5.41, 5.74) is -0.0949. The predicted octanol–water partition coefficient (Wildman–Crippen LogP) is 2.72. The van der Waals surface area contributed by atoms with Crippen LogP contribution in [0.4, 0.5) is 0 Å². The Labute approximate surface area is 167 Å². The molecular formula is C21H20ClN3O3. The third kappa shape index (κ3) is 3.66. The van der Waals surface area contributed by atoms with Crippen LogP contribution in [0.2, 0.25) is 5.02 Å². The highest BCUT2D eigenvalue weighted by Crippen LogP contribution is 2.25. The number of aromatic nitrogens is 2. The molecule has 0 spiro atoms. The highest BCUT2D eigenvalue weighted by Gasteiger charge is 2.35. The monoisotopic (exact) mass is 397 g/mol. The molecule has 1 aromatic heterocycles. The van der Waals surface area contributed by atoms with E-state index in [1.807, 2.05) is 18.2 Å². The van der Waals surface area contributed by atoms with Crippen molar-refractivity contribution in [3.8, 4) is 0 Å². The highest BCUT2D eigenvalue weighted by molar-refractivity contribution is 6.31. The third-order valence-electron chi connectivity index (χ3n) is 5.25. The summed E-state index contributed by atoms with van der Waals surface area (Å²) in [5, 5.41) is 12.0. The molecule has 144 valence electrons. The lowest BCUT2D eigenvalue weighted by atomic mass is 9.91. The summed E-state index contributed by atoms with van der Waals surface area (Å²) < 4.78 is 1.44. The van der Waals surface area contributed by atoms with Crippen LogP contribution >= 0.6 is 11.6 Å². The molecule has 1 aliphatic heterocycles. The molecule has 0 atom stereocenters. The predicted molar refractivity (Wildman–Crippen MR) is 108 cm³/mol. The number of rotatable bonds is 3. The number of aliphatic hydroxyl groups is 1. The maximum absolute atomic E-state index is 12.7. The van der Waals surface area contributed by atoms with E-state index >= 15 is 0 Å². The minimum absolute atomic E-state index is 0.0379. The molecule has 1 N–H and O–H groups in total. The van der Waals surface area contributed by atoms with Crippen molar-refractivity contribution in [2.24, 2.45) is 0 Å². The number of benzene rings is 2. The van der Waals surface area contributed by atoms with Crippen molar-refractivity contribution >= 4 is 28.4 Å². The van der Waals surface area contributed by atoms with E-state index in [4.69, 9.17) is 11.6 Å². The van der Waals surface area contributed by atoms with E-state index in [0.29, 0.717) is 47.4 Å². The van der Waals surface area contributed by atoms with E-state index < -0.39 is 5.60 Å². The second kappa shape index (κ2) is 7.37. The minimum Gasteiger partial charge on any atom is -0.388 e. The van der Waals surface area contributed by atoms with Gasteiger partial charge in [0.25, 0.3) is 11.5 Å². The van der Waals surface area contributed by atoms with Crippen LogP contribution in [0.3, 0.4) is 0 Å². The fourth-order valence-corrected chi connectivity index (χ4v) is 3.78. The van der Waals surface area contributed by atoms with Gasteiger partial charge < -0.3 is 10.0 Å². The van der Waals surface area contributed by atoms with Gasteiger partial charge in [0, 0.05) is 23.7 Å². The van der Waals surface area contributed by atoms with E-state index in [1.165, 1.54) is 10.9 Å². The van der Waals surface area contributed by atoms with Crippen LogP contribution in [0, 0.1) is 0 Å². The Morgan fingerprint density at radius 1 is 1.14 bits per heavy atom. The number of piperidine rings is 1. The van der Waals surface area contributed by atoms with Gasteiger partial charge in [-0.3, -0.25) is 14.2 Å². The average molecular weight is 398 g/mol. The van der Waals surface area contributed by atoms with Crippen molar-refractivity contribution in [1.29, 1.82) is 0 Å². The third-order valence-corrected chi connectivity index (χ3v) is 5.49. The molecule has 3 aromatic rings. The molecule has 0 saturated carbocycles. The average Bonchev–Trinajstić information content (AvgIpc) is 2.71. The summed E-state index contributed by atoms with van der Waals surface area (Å²) in [4.78, 5) is 31.3. The number of hydrogen-bond acceptors (Lipinski definition) is 4. The number of carbonyl (C=O) groups excluding carboxylic acids is 1. The van der Waals surface area contributed by atoms with Crippen LogP contribution in [0.25, 0.3) is 10.9 Å². The molecule has 1 aliphatic rings. The Morgan fingerprint density at radius 2 is 1.86 bits per heavy atom. The molecule has 1 saturated heterocycles. The van der Waals surface area contributed by atoms with Crippen LogP contribution in [-0.4, -0.2) is 44.2 Å². The first-order valence-electron chi connectivity index (χ1n) is 9.17. The summed E-state index contributed by atoms with van der Waals surface area (Å²) in [6.07, 6.45) is 2.24. The molecule has 1 fully saturated rings. The van der Waals surface area contributed by atoms with Gasteiger partial charge in [0.05, 0.1) is 29.4 Å². The Morgan fingerprint density at radius 3 is 2.57 bits per heavy atom. The van der Waals surface area contributed by atoms with Gasteiger partial charge in [0.2, 0.25) is 0 Å². The summed E-state index contributed by atoms with van der Waals surface area (Å²) in [6.45, 7) is 1.02. The molecule has 28 heavy (non-hydrogen) atoms. The molecule has 4 rings (SSSR count). The number of likely N-dealkylation sites (tertiary alicyclic amines) is 1. The Hall–Kier alpha value is -2.70. The lowest BCUT2D eigenvalue weighted by Crippen LogP contribution is -2.49. The molecule has 6 nitrogen and oxygen atoms in total. The lowest BCUT2D eigenvalue weighted by Gasteiger charge is -2.38. The van der Waals surface area contributed by atoms with Crippen molar-refractivity contribution in [3.63, 3.8) is 0 Å². The largest absolute Gasteiger partial charge is 0.388 e. The first-order chi connectivity index (χ1) is 13.5. The summed E-state index contributed by atoms with van der Waals surface area (Å²) >= 11 is 5.95. The fraction of sp³-hybridized carbons (Fsp3) is 0.286. The quantitative estimate of drug-likeness (QED) is 0.737. The SMILES string of the molecule is O=C(c1ccccc1)N1CCC(O)(Cn2cnc3cc(Cl)ccc3c2=O)CC1. The summed E-state index contributed by atoms with van der Waals surface area (Å²) in [5.74, 6) is -0.0379. The number of hydrogen-bond donors (Lipinski definition) is 1. The van der Waals surface area contributed by atoms with Gasteiger partial charge in [0.15, 0.2) is 0 Å². The normalized spacial score (nSPS) is 16.3. The summed E-state index contributed by atoms with van der Waals surface area (Å²) in [6, 6.07) is 14.1. The molecule has 7 heteroatoms. The lowest BCUT2D eigenvalue weighted by molar-refractivity contribution is -0.0299. The topological polar surface area (TPSA) is 75.4 Å². The van der Waals surface area contributed by atoms with Crippen molar-refractivity contribution in [3.05, 3.63) is 75.8 Å². The number of nitrogens with zero attached hydrogens (tertiary/aromatic N) is 3. The first kappa shape index (κ1) is 18.7. The molecule has 1 amide bonds. The zero-order valence-corrected chi connectivity index (χ0v) is 16.0. The maximum Gasteiger partial charge on any atom is 0.261 e. The zero-order valence-electron chi connectivity index (χ0n) is 15.2. The van der Waals surface area contributed by atoms with Crippen LogP contribution < -0.4 is 5.56 Å². The van der Waals surface area contributed by atoms with Gasteiger partial charge >= 0.3 is 0 Å². The Kier molecular flexibility index (Phi) is 4.91. The zero-order chi connectivity index (χ0) is 19.7. The Bertz CT molecular complexity index is 1070. The number of carbonyl (C=O) groups is 1. The van der Waals surface area contributed by atoms with Gasteiger partial charge in [-0.15, -0.1) is 0 Å². The fourth-order valence-electron chi connectivity index (χ4n) is 3.61. The van der Waals surface area contributed by atoms with Gasteiger partial charge in [-0.2, -0.15) is 0 Å². The second-order valence-corrected chi connectivity index (χ2v) is 7.66. The molecule has 0 bridgehead atoms. The van der Waals surface area contributed by atoms with E-state index in [1.54, 1.807) is 35.2 Å². The molecule has 2 aromatic carbocycles. The van der Waals surface area contributed by atoms with Crippen molar-refractivity contribution in [1.82, 2.24) is 14.5 Å². The number of fused-ring (bicyclic) bond motifs is 1. The minimum atomic E-state index is -1.06. The number of halogens is 1. The van der Waals surface area contributed by atoms with Crippen molar-refractivity contribution in [2.45, 2.75) is 25.0 Å². The molecule has 2 heterocycles. The smallest absolute Gasteiger partial charge is 0.261 e. The summed E-state index contributed by atoms with van der Waals surface area (Å²) in [7, 11) is 0. The Balaban J connectivity index is 1.48. The molecular weight excluding hydrogens is 378 g/mol. The van der Waals surface area contributed by atoms with Gasteiger partial charge in [0.1, 0.15) is 0 Å². The molecule has 0 unspecified atom stereocenters. The van der Waals surface area contributed by atoms with E-state index in [0.717, 1.165) is 0 Å². The highest BCUT2D eigenvalue weighted by atomic mass is 35.5. The van der Waals surface area contributed by atoms with E-state index in [2.05, 4.69) is 4.98 Å². The standard InChI is InChI=1S/C21H20ClN3O3/c22-16-6-7-17-18(12-16)23-14-25(20(17)27)13-21(28)8-10-24(11-9-21)19(26)15-4-2-1-3-5-15/h1-7,12,14,28H,8-11,13H2. The van der Waals surface area contributed by atoms with E-state index in [9.17, 15) is 14.7 Å². The second-order valence-electron chi connectivity index (χ2n) is 7.22. The van der Waals surface area contributed by atoms with Crippen LogP contribution in [0.5, 0.6) is 0 Å². The van der Waals surface area contributed by atoms with Crippen LogP contribution in [0.15, 0.2) is 59.7 Å². The van der Waals surface area contributed by atoms with Gasteiger partial charge in [-0.05, 0) is 43.2 Å².